The highest BCUT2D eigenvalue weighted by Crippen LogP contribution is 2.03. The number of aryl methyl sites for hydroxylation is 1. The van der Waals surface area contributed by atoms with Crippen molar-refractivity contribution in [1.82, 2.24) is 20.3 Å². The minimum atomic E-state index is -0.158. The normalized spacial score (nSPS) is 10.2. The number of azide groups is 1. The van der Waals surface area contributed by atoms with Gasteiger partial charge in [-0.1, -0.05) is 16.7 Å². The molecule has 9 heteroatoms. The summed E-state index contributed by atoms with van der Waals surface area (Å²) in [4.78, 5) is 13.6. The van der Waals surface area contributed by atoms with Gasteiger partial charge in [0.2, 0.25) is 0 Å². The fourth-order valence-corrected chi connectivity index (χ4v) is 1.89. The van der Waals surface area contributed by atoms with Gasteiger partial charge in [0.25, 0.3) is 0 Å². The van der Waals surface area contributed by atoms with Crippen LogP contribution in [0, 0.1) is 0 Å². The van der Waals surface area contributed by atoms with Crippen LogP contribution >= 0.6 is 0 Å². The highest BCUT2D eigenvalue weighted by atomic mass is 16.5. The third kappa shape index (κ3) is 8.23. The molecule has 0 aliphatic heterocycles. The summed E-state index contributed by atoms with van der Waals surface area (Å²) in [6.45, 7) is 2.73. The van der Waals surface area contributed by atoms with Crippen molar-refractivity contribution in [2.24, 2.45) is 5.11 Å². The van der Waals surface area contributed by atoms with Gasteiger partial charge in [-0.05, 0) is 31.3 Å². The molecule has 9 nitrogen and oxygen atoms in total. The van der Waals surface area contributed by atoms with Crippen LogP contribution in [0.15, 0.2) is 11.3 Å². The van der Waals surface area contributed by atoms with Gasteiger partial charge < -0.3 is 10.1 Å². The molecule has 122 valence electrons. The first-order chi connectivity index (χ1) is 10.8. The second kappa shape index (κ2) is 11.5. The van der Waals surface area contributed by atoms with Crippen LogP contribution in [0.3, 0.4) is 0 Å². The highest BCUT2D eigenvalue weighted by Gasteiger charge is 2.02. The summed E-state index contributed by atoms with van der Waals surface area (Å²) in [5.74, 6) is -0.158. The molecular formula is C13H23N7O2. The third-order valence-corrected chi connectivity index (χ3v) is 3.06. The van der Waals surface area contributed by atoms with Gasteiger partial charge in [0.1, 0.15) is 0 Å². The first-order valence-corrected chi connectivity index (χ1v) is 7.43. The fraction of sp³-hybridized carbons (Fsp3) is 0.769. The zero-order valence-electron chi connectivity index (χ0n) is 12.9. The summed E-state index contributed by atoms with van der Waals surface area (Å²) >= 11 is 0. The number of unbranched alkanes of at least 4 members (excludes halogenated alkanes) is 2. The number of carbonyl (C=O) groups excluding carboxylic acids is 1. The van der Waals surface area contributed by atoms with Crippen LogP contribution in [0.25, 0.3) is 10.4 Å². The molecule has 22 heavy (non-hydrogen) atoms. The summed E-state index contributed by atoms with van der Waals surface area (Å²) in [5, 5.41) is 14.8. The lowest BCUT2D eigenvalue weighted by atomic mass is 10.2. The third-order valence-electron chi connectivity index (χ3n) is 3.06. The van der Waals surface area contributed by atoms with E-state index >= 15 is 0 Å². The molecule has 1 rings (SSSR count). The molecule has 0 radical (unpaired) electrons. The van der Waals surface area contributed by atoms with Gasteiger partial charge in [0.05, 0.1) is 12.8 Å². The van der Waals surface area contributed by atoms with Crippen molar-refractivity contribution in [2.75, 3.05) is 20.2 Å². The largest absolute Gasteiger partial charge is 0.469 e. The van der Waals surface area contributed by atoms with Crippen molar-refractivity contribution in [3.8, 4) is 0 Å². The van der Waals surface area contributed by atoms with E-state index in [2.05, 4.69) is 30.4 Å². The first kappa shape index (κ1) is 17.9. The number of ether oxygens (including phenoxy) is 1. The van der Waals surface area contributed by atoms with E-state index in [-0.39, 0.29) is 5.97 Å². The molecule has 0 saturated heterocycles. The molecule has 0 fully saturated rings. The summed E-state index contributed by atoms with van der Waals surface area (Å²) in [6, 6.07) is 0. The van der Waals surface area contributed by atoms with Crippen molar-refractivity contribution in [3.05, 3.63) is 22.3 Å². The smallest absolute Gasteiger partial charge is 0.305 e. The first-order valence-electron chi connectivity index (χ1n) is 7.43. The number of hydrogen-bond acceptors (Lipinski definition) is 6. The van der Waals surface area contributed by atoms with E-state index in [1.165, 1.54) is 7.11 Å². The van der Waals surface area contributed by atoms with Crippen LogP contribution in [0.5, 0.6) is 0 Å². The van der Waals surface area contributed by atoms with Crippen LogP contribution in [-0.4, -0.2) is 41.2 Å². The summed E-state index contributed by atoms with van der Waals surface area (Å²) in [7, 11) is 1.41. The number of hydrogen-bond donors (Lipinski definition) is 1. The number of esters is 1. The Hall–Kier alpha value is -2.12. The molecule has 0 saturated carbocycles. The quantitative estimate of drug-likeness (QED) is 0.208. The van der Waals surface area contributed by atoms with E-state index in [0.29, 0.717) is 19.5 Å². The average molecular weight is 309 g/mol. The maximum Gasteiger partial charge on any atom is 0.305 e. The highest BCUT2D eigenvalue weighted by molar-refractivity contribution is 5.68. The van der Waals surface area contributed by atoms with E-state index in [0.717, 1.165) is 44.5 Å². The minimum Gasteiger partial charge on any atom is -0.469 e. The molecule has 0 aromatic carbocycles. The predicted octanol–water partition coefficient (Wildman–Crippen LogP) is 1.80. The molecule has 0 atom stereocenters. The number of nitrogens with one attached hydrogen (secondary N) is 1. The Morgan fingerprint density at radius 1 is 1.45 bits per heavy atom. The number of methoxy groups -OCH3 is 1. The molecule has 0 amide bonds. The van der Waals surface area contributed by atoms with Gasteiger partial charge in [0.15, 0.2) is 0 Å². The van der Waals surface area contributed by atoms with Crippen LogP contribution < -0.4 is 5.32 Å². The number of nitrogens with zero attached hydrogens (tertiary/aromatic N) is 6. The van der Waals surface area contributed by atoms with E-state index in [1.807, 2.05) is 10.9 Å². The lowest BCUT2D eigenvalue weighted by Gasteiger charge is -2.01. The van der Waals surface area contributed by atoms with E-state index < -0.39 is 0 Å². The van der Waals surface area contributed by atoms with Crippen LogP contribution in [-0.2, 0) is 22.6 Å². The summed E-state index contributed by atoms with van der Waals surface area (Å²) < 4.78 is 6.40. The lowest BCUT2D eigenvalue weighted by molar-refractivity contribution is -0.140. The van der Waals surface area contributed by atoms with Gasteiger partial charge in [-0.2, -0.15) is 0 Å². The monoisotopic (exact) mass is 309 g/mol. The van der Waals surface area contributed by atoms with Crippen LogP contribution in [0.1, 0.15) is 37.8 Å². The topological polar surface area (TPSA) is 118 Å². The molecule has 1 N–H and O–H groups in total. The summed E-state index contributed by atoms with van der Waals surface area (Å²) in [6.07, 6.45) is 5.94. The van der Waals surface area contributed by atoms with Gasteiger partial charge in [-0.25, -0.2) is 0 Å². The molecule has 0 bridgehead atoms. The second-order valence-corrected chi connectivity index (χ2v) is 4.84. The van der Waals surface area contributed by atoms with Gasteiger partial charge >= 0.3 is 5.97 Å². The van der Waals surface area contributed by atoms with Crippen molar-refractivity contribution >= 4 is 5.97 Å². The zero-order chi connectivity index (χ0) is 16.0. The second-order valence-electron chi connectivity index (χ2n) is 4.84. The Labute approximate surface area is 129 Å². The maximum absolute atomic E-state index is 11.0. The van der Waals surface area contributed by atoms with E-state index in [9.17, 15) is 4.79 Å². The van der Waals surface area contributed by atoms with Gasteiger partial charge in [-0.15, -0.1) is 5.10 Å². The molecule has 0 unspecified atom stereocenters. The molecule has 1 aromatic rings. The molecular weight excluding hydrogens is 286 g/mol. The predicted molar refractivity (Wildman–Crippen MR) is 80.8 cm³/mol. The van der Waals surface area contributed by atoms with Gasteiger partial charge in [0, 0.05) is 37.2 Å². The molecule has 1 heterocycles. The fourth-order valence-electron chi connectivity index (χ4n) is 1.89. The standard InChI is InChI=1S/C13H23N7O2/c1-22-13(21)6-3-2-4-9-20-11-12(17-19-20)10-15-7-5-8-16-18-14/h11,15H,2-10H2,1H3. The Bertz CT molecular complexity index is 482. The number of aromatic nitrogens is 3. The minimum absolute atomic E-state index is 0.158. The van der Waals surface area contributed by atoms with Crippen LogP contribution in [0.4, 0.5) is 0 Å². The van der Waals surface area contributed by atoms with Crippen molar-refractivity contribution in [2.45, 2.75) is 45.2 Å². The molecule has 0 aliphatic rings. The Morgan fingerprint density at radius 3 is 3.09 bits per heavy atom. The van der Waals surface area contributed by atoms with E-state index in [1.54, 1.807) is 0 Å². The zero-order valence-corrected chi connectivity index (χ0v) is 12.9. The maximum atomic E-state index is 11.0. The number of rotatable bonds is 12. The van der Waals surface area contributed by atoms with Crippen molar-refractivity contribution in [3.63, 3.8) is 0 Å². The SMILES string of the molecule is COC(=O)CCCCCn1cc(CNCCCN=[N+]=[N-])nn1. The number of carbonyl (C=O) groups is 1. The Kier molecular flexibility index (Phi) is 9.40. The van der Waals surface area contributed by atoms with Gasteiger partial charge in [-0.3, -0.25) is 9.48 Å². The van der Waals surface area contributed by atoms with Crippen LogP contribution in [0.2, 0.25) is 0 Å². The lowest BCUT2D eigenvalue weighted by Crippen LogP contribution is -2.15. The van der Waals surface area contributed by atoms with Crippen molar-refractivity contribution in [1.29, 1.82) is 0 Å². The Morgan fingerprint density at radius 2 is 2.32 bits per heavy atom. The summed E-state index contributed by atoms with van der Waals surface area (Å²) in [5.41, 5.74) is 9.03. The molecule has 0 aliphatic carbocycles. The van der Waals surface area contributed by atoms with Crippen molar-refractivity contribution < 1.29 is 9.53 Å². The van der Waals surface area contributed by atoms with E-state index in [4.69, 9.17) is 5.53 Å². The molecule has 0 spiro atoms. The average Bonchev–Trinajstić information content (AvgIpc) is 2.98. The Balaban J connectivity index is 2.08. The molecule has 1 aromatic heterocycles.